The van der Waals surface area contributed by atoms with Gasteiger partial charge in [0.25, 0.3) is 10.0 Å². The fraction of sp³-hybridized carbons (Fsp3) is 0.0385. The lowest BCUT2D eigenvalue weighted by Gasteiger charge is -2.24. The van der Waals surface area contributed by atoms with Gasteiger partial charge in [0.1, 0.15) is 23.5 Å². The van der Waals surface area contributed by atoms with Gasteiger partial charge in [-0.1, -0.05) is 22.8 Å². The number of aromatic nitrogens is 2. The number of methoxy groups -OCH3 is 1. The monoisotopic (exact) mass is 534 g/mol. The first-order chi connectivity index (χ1) is 17.8. The first-order valence-corrected chi connectivity index (χ1v) is 12.5. The van der Waals surface area contributed by atoms with E-state index in [1.54, 1.807) is 24.5 Å². The fourth-order valence-electron chi connectivity index (χ4n) is 3.95. The van der Waals surface area contributed by atoms with Gasteiger partial charge in [0.05, 0.1) is 23.6 Å². The number of nitriles is 1. The van der Waals surface area contributed by atoms with Crippen LogP contribution in [0.3, 0.4) is 0 Å². The smallest absolute Gasteiger partial charge is 0.270 e. The summed E-state index contributed by atoms with van der Waals surface area (Å²) in [5.74, 6) is -0.558. The molecule has 37 heavy (non-hydrogen) atoms. The zero-order valence-corrected chi connectivity index (χ0v) is 20.7. The summed E-state index contributed by atoms with van der Waals surface area (Å²) in [4.78, 5) is 4.02. The van der Waals surface area contributed by atoms with Crippen LogP contribution in [0.2, 0.25) is 5.02 Å². The largest absolute Gasteiger partial charge is 0.495 e. The molecule has 5 aromatic rings. The van der Waals surface area contributed by atoms with Crippen molar-refractivity contribution in [3.05, 3.63) is 95.7 Å². The summed E-state index contributed by atoms with van der Waals surface area (Å²) in [7, 11) is -2.95. The first kappa shape index (κ1) is 24.2. The van der Waals surface area contributed by atoms with Gasteiger partial charge in [-0.2, -0.15) is 5.26 Å². The molecule has 0 saturated heterocycles. The summed E-state index contributed by atoms with van der Waals surface area (Å²) in [6, 6.07) is 16.4. The Bertz CT molecular complexity index is 1770. The van der Waals surface area contributed by atoms with Gasteiger partial charge in [-0.15, -0.1) is 0 Å². The minimum Gasteiger partial charge on any atom is -0.495 e. The van der Waals surface area contributed by atoms with Crippen LogP contribution in [0.25, 0.3) is 21.9 Å². The highest BCUT2D eigenvalue weighted by molar-refractivity contribution is 7.93. The van der Waals surface area contributed by atoms with Crippen LogP contribution in [0.1, 0.15) is 5.56 Å². The summed E-state index contributed by atoms with van der Waals surface area (Å²) in [5, 5.41) is 15.3. The molecule has 11 heteroatoms. The molecule has 5 rings (SSSR count). The van der Waals surface area contributed by atoms with E-state index in [2.05, 4.69) is 10.1 Å². The van der Waals surface area contributed by atoms with E-state index in [9.17, 15) is 18.1 Å². The van der Waals surface area contributed by atoms with Gasteiger partial charge in [-0.3, -0.25) is 4.98 Å². The number of anilines is 2. The van der Waals surface area contributed by atoms with Crippen LogP contribution in [-0.4, -0.2) is 25.7 Å². The Hall–Kier alpha value is -4.46. The number of hydrogen-bond acceptors (Lipinski definition) is 7. The highest BCUT2D eigenvalue weighted by atomic mass is 35.5. The van der Waals surface area contributed by atoms with Crippen molar-refractivity contribution in [1.82, 2.24) is 10.1 Å². The molecule has 0 saturated carbocycles. The Labute approximate surface area is 216 Å². The normalized spacial score (nSPS) is 11.3. The molecule has 0 N–H and O–H groups in total. The van der Waals surface area contributed by atoms with Crippen molar-refractivity contribution in [1.29, 1.82) is 5.26 Å². The average molecular weight is 535 g/mol. The van der Waals surface area contributed by atoms with Crippen LogP contribution in [-0.2, 0) is 10.0 Å². The lowest BCUT2D eigenvalue weighted by Crippen LogP contribution is -2.27. The van der Waals surface area contributed by atoms with Crippen molar-refractivity contribution in [3.8, 4) is 22.9 Å². The second-order valence-corrected chi connectivity index (χ2v) is 10.1. The van der Waals surface area contributed by atoms with Crippen LogP contribution in [0.4, 0.5) is 15.9 Å². The SMILES string of the molecule is COc1cc(-c2cc(F)cc(Cl)c2)c(C#N)cc1N(c1ccon1)S(=O)(=O)c1ccc2cnccc2c1. The zero-order chi connectivity index (χ0) is 26.2. The molecule has 0 unspecified atom stereocenters. The van der Waals surface area contributed by atoms with E-state index in [0.717, 1.165) is 15.8 Å². The first-order valence-electron chi connectivity index (χ1n) is 10.7. The highest BCUT2D eigenvalue weighted by Gasteiger charge is 2.32. The van der Waals surface area contributed by atoms with Gasteiger partial charge in [0.2, 0.25) is 0 Å². The summed E-state index contributed by atoms with van der Waals surface area (Å²) >= 11 is 6.02. The predicted molar refractivity (Wildman–Crippen MR) is 136 cm³/mol. The van der Waals surface area contributed by atoms with Crippen LogP contribution >= 0.6 is 11.6 Å². The van der Waals surface area contributed by atoms with Gasteiger partial charge in [0.15, 0.2) is 5.82 Å². The Morgan fingerprint density at radius 1 is 1.08 bits per heavy atom. The maximum absolute atomic E-state index is 14.1. The molecule has 0 aliphatic carbocycles. The molecule has 0 fully saturated rings. The molecule has 184 valence electrons. The Morgan fingerprint density at radius 2 is 1.92 bits per heavy atom. The molecule has 0 radical (unpaired) electrons. The maximum Gasteiger partial charge on any atom is 0.270 e. The second-order valence-electron chi connectivity index (χ2n) is 7.85. The Morgan fingerprint density at radius 3 is 2.62 bits per heavy atom. The number of pyridine rings is 1. The van der Waals surface area contributed by atoms with E-state index >= 15 is 0 Å². The third-order valence-electron chi connectivity index (χ3n) is 5.61. The third kappa shape index (κ3) is 4.46. The van der Waals surface area contributed by atoms with Crippen LogP contribution < -0.4 is 9.04 Å². The van der Waals surface area contributed by atoms with Crippen molar-refractivity contribution in [2.75, 3.05) is 11.4 Å². The number of benzene rings is 3. The predicted octanol–water partition coefficient (Wildman–Crippen LogP) is 6.09. The summed E-state index contributed by atoms with van der Waals surface area (Å²) in [6.07, 6.45) is 4.42. The fourth-order valence-corrected chi connectivity index (χ4v) is 5.64. The van der Waals surface area contributed by atoms with Crippen molar-refractivity contribution in [2.24, 2.45) is 0 Å². The van der Waals surface area contributed by atoms with Crippen molar-refractivity contribution in [2.45, 2.75) is 4.90 Å². The number of ether oxygens (including phenoxy) is 1. The van der Waals surface area contributed by atoms with Crippen molar-refractivity contribution in [3.63, 3.8) is 0 Å². The molecule has 0 amide bonds. The van der Waals surface area contributed by atoms with E-state index in [1.807, 2.05) is 6.07 Å². The molecule has 0 bridgehead atoms. The second kappa shape index (κ2) is 9.54. The van der Waals surface area contributed by atoms with Gasteiger partial charge in [0, 0.05) is 34.4 Å². The average Bonchev–Trinajstić information content (AvgIpc) is 3.41. The summed E-state index contributed by atoms with van der Waals surface area (Å²) < 4.78 is 53.5. The summed E-state index contributed by atoms with van der Waals surface area (Å²) in [5.41, 5.74) is 0.699. The minimum atomic E-state index is -4.30. The van der Waals surface area contributed by atoms with E-state index in [4.69, 9.17) is 20.9 Å². The maximum atomic E-state index is 14.1. The van der Waals surface area contributed by atoms with E-state index < -0.39 is 15.8 Å². The molecule has 2 aromatic heterocycles. The standard InChI is InChI=1S/C26H16ClFN4O4S/c1-35-25-13-23(18-8-20(27)12-21(28)9-18)19(14-29)11-24(25)32(26-5-7-36-31-26)37(33,34)22-3-2-17-15-30-6-4-16(17)10-22/h2-13,15H,1H3. The minimum absolute atomic E-state index is 0.00836. The number of hydrogen-bond donors (Lipinski definition) is 0. The topological polar surface area (TPSA) is 109 Å². The van der Waals surface area contributed by atoms with Crippen molar-refractivity contribution < 1.29 is 22.1 Å². The van der Waals surface area contributed by atoms with Gasteiger partial charge in [-0.25, -0.2) is 17.1 Å². The highest BCUT2D eigenvalue weighted by Crippen LogP contribution is 2.42. The lowest BCUT2D eigenvalue weighted by molar-refractivity contribution is 0.414. The van der Waals surface area contributed by atoms with Gasteiger partial charge < -0.3 is 9.26 Å². The molecule has 0 aliphatic heterocycles. The number of fused-ring (bicyclic) bond motifs is 1. The lowest BCUT2D eigenvalue weighted by atomic mass is 9.99. The molecule has 3 aromatic carbocycles. The molecule has 2 heterocycles. The quantitative estimate of drug-likeness (QED) is 0.259. The number of nitrogens with zero attached hydrogens (tertiary/aromatic N) is 4. The molecular formula is C26H16ClFN4O4S. The van der Waals surface area contributed by atoms with Crippen molar-refractivity contribution >= 4 is 43.9 Å². The number of sulfonamides is 1. The van der Waals surface area contributed by atoms with Gasteiger partial charge >= 0.3 is 0 Å². The molecule has 0 atom stereocenters. The van der Waals surface area contributed by atoms with Crippen LogP contribution in [0.5, 0.6) is 5.75 Å². The zero-order valence-electron chi connectivity index (χ0n) is 19.1. The van der Waals surface area contributed by atoms with Crippen LogP contribution in [0, 0.1) is 17.1 Å². The van der Waals surface area contributed by atoms with E-state index in [1.165, 1.54) is 55.8 Å². The number of rotatable bonds is 6. The number of halogens is 2. The van der Waals surface area contributed by atoms with Gasteiger partial charge in [-0.05, 0) is 59.5 Å². The molecular weight excluding hydrogens is 519 g/mol. The molecule has 8 nitrogen and oxygen atoms in total. The van der Waals surface area contributed by atoms with E-state index in [0.29, 0.717) is 16.5 Å². The Balaban J connectivity index is 1.74. The third-order valence-corrected chi connectivity index (χ3v) is 7.55. The van der Waals surface area contributed by atoms with Crippen LogP contribution in [0.15, 0.2) is 88.7 Å². The Kier molecular flexibility index (Phi) is 6.25. The molecule has 0 aliphatic rings. The van der Waals surface area contributed by atoms with E-state index in [-0.39, 0.29) is 32.7 Å². The summed E-state index contributed by atoms with van der Waals surface area (Å²) in [6.45, 7) is 0. The molecule has 0 spiro atoms.